The van der Waals surface area contributed by atoms with E-state index in [0.717, 1.165) is 53.6 Å². The van der Waals surface area contributed by atoms with Crippen molar-refractivity contribution in [2.45, 2.75) is 45.1 Å². The third kappa shape index (κ3) is 3.91. The van der Waals surface area contributed by atoms with Crippen LogP contribution in [-0.2, 0) is 4.74 Å². The van der Waals surface area contributed by atoms with Gasteiger partial charge in [0.05, 0.1) is 30.0 Å². The summed E-state index contributed by atoms with van der Waals surface area (Å²) < 4.78 is 13.3. The highest BCUT2D eigenvalue weighted by Gasteiger charge is 2.28. The molecule has 0 radical (unpaired) electrons. The van der Waals surface area contributed by atoms with Crippen molar-refractivity contribution in [3.8, 4) is 23.1 Å². The number of fused-ring (bicyclic) bond motifs is 1. The summed E-state index contributed by atoms with van der Waals surface area (Å²) in [5.41, 5.74) is 4.30. The van der Waals surface area contributed by atoms with Crippen LogP contribution in [0.1, 0.15) is 50.6 Å². The molecule has 0 bridgehead atoms. The number of nitrogens with one attached hydrogen (secondary N) is 1. The molecule has 3 aromatic rings. The predicted octanol–water partition coefficient (Wildman–Crippen LogP) is 6.26. The minimum Gasteiger partial charge on any atom is -0.494 e. The summed E-state index contributed by atoms with van der Waals surface area (Å²) in [6, 6.07) is 16.5. The second kappa shape index (κ2) is 8.58. The van der Waals surface area contributed by atoms with Crippen LogP contribution in [0.3, 0.4) is 0 Å². The zero-order valence-corrected chi connectivity index (χ0v) is 18.3. The Bertz CT molecular complexity index is 1180. The molecule has 1 amide bonds. The molecule has 2 fully saturated rings. The van der Waals surface area contributed by atoms with E-state index in [-0.39, 0.29) is 0 Å². The molecular weight excluding hydrogens is 402 g/mol. The summed E-state index contributed by atoms with van der Waals surface area (Å²) in [6.45, 7) is 3.03. The minimum atomic E-state index is -0.422. The summed E-state index contributed by atoms with van der Waals surface area (Å²) >= 11 is 0. The Morgan fingerprint density at radius 3 is 2.56 bits per heavy atom. The van der Waals surface area contributed by atoms with Crippen LogP contribution in [-0.4, -0.2) is 23.9 Å². The number of hydrogen-bond acceptors (Lipinski definition) is 4. The molecule has 2 aliphatic carbocycles. The fraction of sp³-hybridized carbons (Fsp3) is 0.385. The quantitative estimate of drug-likeness (QED) is 0.481. The van der Waals surface area contributed by atoms with Gasteiger partial charge in [-0.05, 0) is 80.8 Å². The smallest absolute Gasteiger partial charge is 0.411 e. The van der Waals surface area contributed by atoms with Gasteiger partial charge in [0.2, 0.25) is 0 Å². The fourth-order valence-electron chi connectivity index (χ4n) is 4.31. The lowest BCUT2D eigenvalue weighted by Gasteiger charge is -2.30. The molecule has 0 atom stereocenters. The number of rotatable bonds is 7. The number of ether oxygens (including phenoxy) is 2. The number of nitriles is 1. The van der Waals surface area contributed by atoms with E-state index < -0.39 is 6.09 Å². The molecule has 6 nitrogen and oxygen atoms in total. The third-order valence-electron chi connectivity index (χ3n) is 6.39. The first-order valence-corrected chi connectivity index (χ1v) is 11.4. The number of hydrogen-bond donors (Lipinski definition) is 1. The molecule has 2 aliphatic rings. The van der Waals surface area contributed by atoms with Gasteiger partial charge in [-0.15, -0.1) is 0 Å². The Morgan fingerprint density at radius 2 is 1.94 bits per heavy atom. The van der Waals surface area contributed by atoms with Crippen LogP contribution >= 0.6 is 0 Å². The van der Waals surface area contributed by atoms with Crippen LogP contribution in [0.4, 0.5) is 10.5 Å². The van der Waals surface area contributed by atoms with E-state index in [1.807, 2.05) is 43.3 Å². The molecule has 164 valence electrons. The maximum atomic E-state index is 12.0. The van der Waals surface area contributed by atoms with E-state index >= 15 is 0 Å². The van der Waals surface area contributed by atoms with Crippen molar-refractivity contribution in [2.24, 2.45) is 5.92 Å². The fourth-order valence-corrected chi connectivity index (χ4v) is 4.31. The van der Waals surface area contributed by atoms with Crippen LogP contribution < -0.4 is 10.1 Å². The number of nitrogens with zero attached hydrogens (tertiary/aromatic N) is 2. The lowest BCUT2D eigenvalue weighted by atomic mass is 9.92. The minimum absolute atomic E-state index is 0.391. The molecule has 0 spiro atoms. The second-order valence-electron chi connectivity index (χ2n) is 8.65. The lowest BCUT2D eigenvalue weighted by molar-refractivity contribution is 0.156. The van der Waals surface area contributed by atoms with Crippen molar-refractivity contribution in [1.29, 1.82) is 5.26 Å². The maximum absolute atomic E-state index is 12.0. The van der Waals surface area contributed by atoms with Crippen molar-refractivity contribution in [2.75, 3.05) is 18.5 Å². The first kappa shape index (κ1) is 20.4. The van der Waals surface area contributed by atoms with Crippen molar-refractivity contribution < 1.29 is 14.3 Å². The van der Waals surface area contributed by atoms with Gasteiger partial charge >= 0.3 is 6.09 Å². The molecule has 32 heavy (non-hydrogen) atoms. The van der Waals surface area contributed by atoms with Crippen LogP contribution in [0.15, 0.2) is 42.5 Å². The highest BCUT2D eigenvalue weighted by Crippen LogP contribution is 2.43. The number of carbonyl (C=O) groups is 1. The molecule has 0 unspecified atom stereocenters. The van der Waals surface area contributed by atoms with Crippen molar-refractivity contribution in [1.82, 2.24) is 4.57 Å². The zero-order chi connectivity index (χ0) is 22.1. The van der Waals surface area contributed by atoms with Gasteiger partial charge in [0.15, 0.2) is 0 Å². The molecule has 2 saturated carbocycles. The average Bonchev–Trinajstić information content (AvgIpc) is 3.54. The first-order chi connectivity index (χ1) is 15.7. The summed E-state index contributed by atoms with van der Waals surface area (Å²) in [5, 5.41) is 13.8. The lowest BCUT2D eigenvalue weighted by Crippen LogP contribution is -2.18. The van der Waals surface area contributed by atoms with Gasteiger partial charge in [0.1, 0.15) is 11.8 Å². The standard InChI is InChI=1S/C26H27N3O3/c1-2-31-21-12-13-24-22(14-21)23(15-27)25(29(24)20-4-3-5-20)18-8-10-19(11-9-18)28-26(30)32-16-17-6-7-17/h8-14,17,20H,2-7,16H2,1H3,(H,28,30). The molecular formula is C26H27N3O3. The van der Waals surface area contributed by atoms with E-state index in [4.69, 9.17) is 9.47 Å². The molecule has 6 heteroatoms. The van der Waals surface area contributed by atoms with E-state index in [1.54, 1.807) is 0 Å². The molecule has 2 aromatic carbocycles. The van der Waals surface area contributed by atoms with Crippen molar-refractivity contribution in [3.63, 3.8) is 0 Å². The van der Waals surface area contributed by atoms with Gasteiger partial charge in [0, 0.05) is 17.1 Å². The zero-order valence-electron chi connectivity index (χ0n) is 18.3. The number of benzene rings is 2. The van der Waals surface area contributed by atoms with E-state index in [0.29, 0.717) is 36.4 Å². The Hall–Kier alpha value is -3.46. The summed E-state index contributed by atoms with van der Waals surface area (Å²) in [7, 11) is 0. The number of carbonyl (C=O) groups excluding carboxylic acids is 1. The maximum Gasteiger partial charge on any atom is 0.411 e. The molecule has 1 N–H and O–H groups in total. The Morgan fingerprint density at radius 1 is 1.16 bits per heavy atom. The second-order valence-corrected chi connectivity index (χ2v) is 8.65. The highest BCUT2D eigenvalue weighted by atomic mass is 16.5. The van der Waals surface area contributed by atoms with Crippen LogP contribution in [0.25, 0.3) is 22.2 Å². The van der Waals surface area contributed by atoms with E-state index in [1.165, 1.54) is 6.42 Å². The molecule has 0 saturated heterocycles. The van der Waals surface area contributed by atoms with Gasteiger partial charge in [-0.2, -0.15) is 5.26 Å². The summed E-state index contributed by atoms with van der Waals surface area (Å²) in [5.74, 6) is 1.31. The van der Waals surface area contributed by atoms with Gasteiger partial charge in [-0.1, -0.05) is 12.1 Å². The third-order valence-corrected chi connectivity index (χ3v) is 6.39. The summed E-state index contributed by atoms with van der Waals surface area (Å²) in [4.78, 5) is 12.0. The predicted molar refractivity (Wildman–Crippen MR) is 124 cm³/mol. The van der Waals surface area contributed by atoms with E-state index in [9.17, 15) is 10.1 Å². The number of amides is 1. The normalized spacial score (nSPS) is 15.8. The molecule has 1 heterocycles. The number of anilines is 1. The average molecular weight is 430 g/mol. The Balaban J connectivity index is 1.49. The van der Waals surface area contributed by atoms with Crippen LogP contribution in [0, 0.1) is 17.2 Å². The first-order valence-electron chi connectivity index (χ1n) is 11.4. The molecule has 0 aliphatic heterocycles. The van der Waals surface area contributed by atoms with Crippen molar-refractivity contribution >= 4 is 22.7 Å². The van der Waals surface area contributed by atoms with Crippen molar-refractivity contribution in [3.05, 3.63) is 48.0 Å². The Kier molecular flexibility index (Phi) is 5.48. The molecule has 5 rings (SSSR count). The topological polar surface area (TPSA) is 76.3 Å². The van der Waals surface area contributed by atoms with Gasteiger partial charge < -0.3 is 14.0 Å². The SMILES string of the molecule is CCOc1ccc2c(c1)c(C#N)c(-c1ccc(NC(=O)OCC3CC3)cc1)n2C1CCC1. The van der Waals surface area contributed by atoms with Crippen LogP contribution in [0.5, 0.6) is 5.75 Å². The van der Waals surface area contributed by atoms with Crippen LogP contribution in [0.2, 0.25) is 0 Å². The Labute approximate surface area is 187 Å². The summed E-state index contributed by atoms with van der Waals surface area (Å²) in [6.07, 6.45) is 5.29. The molecule has 1 aromatic heterocycles. The monoisotopic (exact) mass is 429 g/mol. The highest BCUT2D eigenvalue weighted by molar-refractivity contribution is 5.96. The number of aromatic nitrogens is 1. The largest absolute Gasteiger partial charge is 0.494 e. The van der Waals surface area contributed by atoms with Gasteiger partial charge in [-0.3, -0.25) is 5.32 Å². The van der Waals surface area contributed by atoms with Gasteiger partial charge in [0.25, 0.3) is 0 Å². The van der Waals surface area contributed by atoms with E-state index in [2.05, 4.69) is 22.0 Å². The van der Waals surface area contributed by atoms with Gasteiger partial charge in [-0.25, -0.2) is 4.79 Å².